The van der Waals surface area contributed by atoms with Crippen LogP contribution < -0.4 is 5.56 Å². The number of amides is 1. The lowest BCUT2D eigenvalue weighted by Gasteiger charge is -2.36. The molecule has 0 atom stereocenters. The minimum atomic E-state index is 0.0537. The minimum Gasteiger partial charge on any atom is -0.342 e. The van der Waals surface area contributed by atoms with Crippen molar-refractivity contribution in [2.75, 3.05) is 13.1 Å². The molecular weight excluding hydrogens is 266 g/mol. The van der Waals surface area contributed by atoms with Gasteiger partial charge >= 0.3 is 0 Å². The molecule has 0 bridgehead atoms. The van der Waals surface area contributed by atoms with Crippen molar-refractivity contribution in [3.05, 3.63) is 28.4 Å². The summed E-state index contributed by atoms with van der Waals surface area (Å²) in [5, 5.41) is 0. The van der Waals surface area contributed by atoms with Gasteiger partial charge in [0.15, 0.2) is 0 Å². The van der Waals surface area contributed by atoms with E-state index in [1.54, 1.807) is 24.0 Å². The molecule has 1 aromatic rings. The molecule has 0 unspecified atom stereocenters. The molecule has 1 amide bonds. The van der Waals surface area contributed by atoms with Gasteiger partial charge in [-0.1, -0.05) is 6.42 Å². The summed E-state index contributed by atoms with van der Waals surface area (Å²) >= 11 is 0. The molecule has 1 aliphatic heterocycles. The second kappa shape index (κ2) is 6.00. The Hall–Kier alpha value is -1.65. The zero-order chi connectivity index (χ0) is 14.8. The van der Waals surface area contributed by atoms with Crippen LogP contribution >= 0.6 is 0 Å². The lowest BCUT2D eigenvalue weighted by atomic mass is 9.83. The normalized spacial score (nSPS) is 20.3. The summed E-state index contributed by atoms with van der Waals surface area (Å²) in [6.45, 7) is 4.20. The van der Waals surface area contributed by atoms with Crippen molar-refractivity contribution in [3.8, 4) is 0 Å². The van der Waals surface area contributed by atoms with Gasteiger partial charge in [-0.15, -0.1) is 0 Å². The van der Waals surface area contributed by atoms with Crippen LogP contribution in [0.5, 0.6) is 0 Å². The fraction of sp³-hybridized carbons (Fsp3) is 0.688. The molecule has 0 N–H and O–H groups in total. The topological polar surface area (TPSA) is 55.2 Å². The summed E-state index contributed by atoms with van der Waals surface area (Å²) in [4.78, 5) is 30.3. The highest BCUT2D eigenvalue weighted by Gasteiger charge is 2.31. The number of carbonyl (C=O) groups is 1. The highest BCUT2D eigenvalue weighted by molar-refractivity contribution is 5.79. The van der Waals surface area contributed by atoms with E-state index in [0.29, 0.717) is 23.3 Å². The van der Waals surface area contributed by atoms with Gasteiger partial charge in [-0.25, -0.2) is 4.98 Å². The van der Waals surface area contributed by atoms with E-state index >= 15 is 0 Å². The maximum Gasteiger partial charge on any atom is 0.256 e. The molecule has 5 heteroatoms. The Labute approximate surface area is 125 Å². The molecule has 1 saturated heterocycles. The molecule has 5 nitrogen and oxygen atoms in total. The third kappa shape index (κ3) is 3.01. The van der Waals surface area contributed by atoms with Gasteiger partial charge in [0.05, 0.1) is 6.33 Å². The van der Waals surface area contributed by atoms with Crippen LogP contribution in [-0.4, -0.2) is 33.4 Å². The number of carbonyl (C=O) groups excluding carboxylic acids is 1. The predicted molar refractivity (Wildman–Crippen MR) is 79.9 cm³/mol. The van der Waals surface area contributed by atoms with E-state index in [1.165, 1.54) is 6.42 Å². The van der Waals surface area contributed by atoms with Crippen LogP contribution in [0.3, 0.4) is 0 Å². The average Bonchev–Trinajstić information content (AvgIpc) is 2.43. The number of piperidine rings is 1. The SMILES string of the molecule is Cc1cncn(CC2CCN(C(=O)C3CCC3)CC2)c1=O. The Bertz CT molecular complexity index is 569. The van der Waals surface area contributed by atoms with Crippen LogP contribution in [0.1, 0.15) is 37.7 Å². The molecule has 21 heavy (non-hydrogen) atoms. The first-order chi connectivity index (χ1) is 10.1. The van der Waals surface area contributed by atoms with Crippen LogP contribution in [-0.2, 0) is 11.3 Å². The minimum absolute atomic E-state index is 0.0537. The monoisotopic (exact) mass is 289 g/mol. The Morgan fingerprint density at radius 3 is 2.62 bits per heavy atom. The molecule has 0 spiro atoms. The van der Waals surface area contributed by atoms with Crippen molar-refractivity contribution in [1.82, 2.24) is 14.5 Å². The number of nitrogens with zero attached hydrogens (tertiary/aromatic N) is 3. The van der Waals surface area contributed by atoms with Crippen molar-refractivity contribution in [2.24, 2.45) is 11.8 Å². The Morgan fingerprint density at radius 2 is 2.00 bits per heavy atom. The predicted octanol–water partition coefficient (Wildman–Crippen LogP) is 1.59. The second-order valence-electron chi connectivity index (χ2n) is 6.43. The van der Waals surface area contributed by atoms with Crippen molar-refractivity contribution in [3.63, 3.8) is 0 Å². The molecule has 1 aliphatic carbocycles. The van der Waals surface area contributed by atoms with Crippen molar-refractivity contribution < 1.29 is 4.79 Å². The molecule has 1 saturated carbocycles. The van der Waals surface area contributed by atoms with E-state index < -0.39 is 0 Å². The number of aryl methyl sites for hydroxylation is 1. The quantitative estimate of drug-likeness (QED) is 0.849. The van der Waals surface area contributed by atoms with Crippen molar-refractivity contribution >= 4 is 5.91 Å². The molecule has 2 aliphatic rings. The molecule has 2 heterocycles. The molecule has 0 aromatic carbocycles. The van der Waals surface area contributed by atoms with E-state index in [4.69, 9.17) is 0 Å². The van der Waals surface area contributed by atoms with Gasteiger partial charge in [-0.2, -0.15) is 0 Å². The van der Waals surface area contributed by atoms with Gasteiger partial charge in [-0.3, -0.25) is 14.2 Å². The van der Waals surface area contributed by atoms with E-state index in [2.05, 4.69) is 4.98 Å². The average molecular weight is 289 g/mol. The number of rotatable bonds is 3. The van der Waals surface area contributed by atoms with E-state index in [1.807, 2.05) is 4.90 Å². The van der Waals surface area contributed by atoms with Crippen LogP contribution in [0.4, 0.5) is 0 Å². The zero-order valence-electron chi connectivity index (χ0n) is 12.6. The summed E-state index contributed by atoms with van der Waals surface area (Å²) in [5.74, 6) is 1.12. The maximum absolute atomic E-state index is 12.2. The highest BCUT2D eigenvalue weighted by atomic mass is 16.2. The fourth-order valence-corrected chi connectivity index (χ4v) is 3.22. The molecule has 2 fully saturated rings. The smallest absolute Gasteiger partial charge is 0.256 e. The number of likely N-dealkylation sites (tertiary alicyclic amines) is 1. The standard InChI is InChI=1S/C16H23N3O2/c1-12-9-17-11-19(15(12)20)10-13-5-7-18(8-6-13)16(21)14-3-2-4-14/h9,11,13-14H,2-8,10H2,1H3. The third-order valence-corrected chi connectivity index (χ3v) is 4.91. The number of hydrogen-bond acceptors (Lipinski definition) is 3. The summed E-state index contributed by atoms with van der Waals surface area (Å²) in [6.07, 6.45) is 8.56. The van der Waals surface area contributed by atoms with Gasteiger partial charge in [0.1, 0.15) is 0 Å². The summed E-state index contributed by atoms with van der Waals surface area (Å²) in [7, 11) is 0. The lowest BCUT2D eigenvalue weighted by molar-refractivity contribution is -0.139. The molecule has 0 radical (unpaired) electrons. The Balaban J connectivity index is 1.55. The van der Waals surface area contributed by atoms with Crippen LogP contribution in [0.25, 0.3) is 0 Å². The number of aromatic nitrogens is 2. The van der Waals surface area contributed by atoms with Crippen LogP contribution in [0.15, 0.2) is 17.3 Å². The second-order valence-corrected chi connectivity index (χ2v) is 6.43. The zero-order valence-corrected chi connectivity index (χ0v) is 12.6. The molecule has 3 rings (SSSR count). The first-order valence-corrected chi connectivity index (χ1v) is 7.95. The Kier molecular flexibility index (Phi) is 4.08. The van der Waals surface area contributed by atoms with E-state index in [0.717, 1.165) is 45.3 Å². The van der Waals surface area contributed by atoms with Crippen molar-refractivity contribution in [2.45, 2.75) is 45.6 Å². The first-order valence-electron chi connectivity index (χ1n) is 7.95. The lowest BCUT2D eigenvalue weighted by Crippen LogP contribution is -2.44. The summed E-state index contributed by atoms with van der Waals surface area (Å²) in [6, 6.07) is 0. The summed E-state index contributed by atoms with van der Waals surface area (Å²) < 4.78 is 1.71. The molecule has 114 valence electrons. The maximum atomic E-state index is 12.2. The number of hydrogen-bond donors (Lipinski definition) is 0. The van der Waals surface area contributed by atoms with Gasteiger partial charge < -0.3 is 4.90 Å². The first kappa shape index (κ1) is 14.3. The van der Waals surface area contributed by atoms with Gasteiger partial charge in [0.25, 0.3) is 5.56 Å². The van der Waals surface area contributed by atoms with Gasteiger partial charge in [0, 0.05) is 37.3 Å². The van der Waals surface area contributed by atoms with E-state index in [9.17, 15) is 9.59 Å². The van der Waals surface area contributed by atoms with Crippen molar-refractivity contribution in [1.29, 1.82) is 0 Å². The largest absolute Gasteiger partial charge is 0.342 e. The van der Waals surface area contributed by atoms with Crippen LogP contribution in [0, 0.1) is 18.8 Å². The summed E-state index contributed by atoms with van der Waals surface area (Å²) in [5.41, 5.74) is 0.744. The van der Waals surface area contributed by atoms with Crippen LogP contribution in [0.2, 0.25) is 0 Å². The molecular formula is C16H23N3O2. The van der Waals surface area contributed by atoms with E-state index in [-0.39, 0.29) is 5.56 Å². The van der Waals surface area contributed by atoms with Gasteiger partial charge in [-0.05, 0) is 38.5 Å². The third-order valence-electron chi connectivity index (χ3n) is 4.91. The highest BCUT2D eigenvalue weighted by Crippen LogP contribution is 2.30. The Morgan fingerprint density at radius 1 is 1.29 bits per heavy atom. The molecule has 1 aromatic heterocycles. The van der Waals surface area contributed by atoms with Gasteiger partial charge in [0.2, 0.25) is 5.91 Å². The fourth-order valence-electron chi connectivity index (χ4n) is 3.22.